The van der Waals surface area contributed by atoms with Crippen LogP contribution in [-0.2, 0) is 9.53 Å². The Morgan fingerprint density at radius 1 is 1.40 bits per heavy atom. The van der Waals surface area contributed by atoms with Gasteiger partial charge in [0.2, 0.25) is 0 Å². The van der Waals surface area contributed by atoms with E-state index in [0.717, 1.165) is 0 Å². The molecule has 0 radical (unpaired) electrons. The first-order chi connectivity index (χ1) is 4.40. The lowest BCUT2D eigenvalue weighted by Gasteiger charge is -2.51. The zero-order valence-electron chi connectivity index (χ0n) is 7.02. The van der Waals surface area contributed by atoms with Crippen molar-refractivity contribution in [3.05, 3.63) is 0 Å². The summed E-state index contributed by atoms with van der Waals surface area (Å²) in [6.07, 6.45) is 0. The van der Waals surface area contributed by atoms with Gasteiger partial charge in [0.1, 0.15) is 5.60 Å². The van der Waals surface area contributed by atoms with E-state index in [9.17, 15) is 4.79 Å². The summed E-state index contributed by atoms with van der Waals surface area (Å²) in [6.45, 7) is 8.25. The first kappa shape index (κ1) is 7.73. The van der Waals surface area contributed by atoms with Crippen LogP contribution in [0.25, 0.3) is 0 Å². The van der Waals surface area contributed by atoms with Crippen molar-refractivity contribution in [3.8, 4) is 0 Å². The van der Waals surface area contributed by atoms with Gasteiger partial charge in [-0.15, -0.1) is 0 Å². The molecule has 0 spiro atoms. The Labute approximate surface area is 61.6 Å². The molecule has 0 amide bonds. The summed E-state index contributed by atoms with van der Waals surface area (Å²) in [7, 11) is 0. The average Bonchev–Trinajstić information content (AvgIpc) is 1.83. The topological polar surface area (TPSA) is 26.3 Å². The van der Waals surface area contributed by atoms with Gasteiger partial charge in [-0.2, -0.15) is 0 Å². The predicted molar refractivity (Wildman–Crippen MR) is 38.8 cm³/mol. The summed E-state index contributed by atoms with van der Waals surface area (Å²) in [6, 6.07) is 0. The maximum Gasteiger partial charge on any atom is 0.161 e. The van der Waals surface area contributed by atoms with E-state index in [2.05, 4.69) is 13.8 Å². The van der Waals surface area contributed by atoms with Crippen LogP contribution in [0.4, 0.5) is 0 Å². The molecule has 0 bridgehead atoms. The second kappa shape index (κ2) is 1.82. The monoisotopic (exact) mass is 142 g/mol. The molecule has 10 heavy (non-hydrogen) atoms. The molecule has 0 N–H and O–H groups in total. The molecule has 0 aromatic heterocycles. The fourth-order valence-electron chi connectivity index (χ4n) is 1.16. The van der Waals surface area contributed by atoms with Crippen LogP contribution in [0, 0.1) is 5.41 Å². The number of hydrogen-bond donors (Lipinski definition) is 0. The Balaban J connectivity index is 2.81. The van der Waals surface area contributed by atoms with Crippen LogP contribution in [0.5, 0.6) is 0 Å². The van der Waals surface area contributed by atoms with E-state index < -0.39 is 5.60 Å². The number of rotatable bonds is 1. The number of Topliss-reactive ketones (excluding diaryl/α,β-unsaturated/α-hetero) is 1. The molecular formula is C8H14O2. The highest BCUT2D eigenvalue weighted by Crippen LogP contribution is 2.44. The largest absolute Gasteiger partial charge is 0.366 e. The lowest BCUT2D eigenvalue weighted by Crippen LogP contribution is -2.62. The highest BCUT2D eigenvalue weighted by Gasteiger charge is 2.54. The molecule has 0 aromatic rings. The molecule has 1 aliphatic heterocycles. The van der Waals surface area contributed by atoms with Crippen molar-refractivity contribution in [1.29, 1.82) is 0 Å². The molecule has 1 unspecified atom stereocenters. The van der Waals surface area contributed by atoms with Crippen LogP contribution in [0.15, 0.2) is 0 Å². The lowest BCUT2D eigenvalue weighted by atomic mass is 9.69. The maximum atomic E-state index is 11.0. The SMILES string of the molecule is CC(=O)C1(C)OCC1(C)C. The normalized spacial score (nSPS) is 36.8. The van der Waals surface area contributed by atoms with Crippen molar-refractivity contribution >= 4 is 5.78 Å². The molecule has 1 atom stereocenters. The van der Waals surface area contributed by atoms with E-state index in [0.29, 0.717) is 6.61 Å². The summed E-state index contributed by atoms with van der Waals surface area (Å²) in [4.78, 5) is 11.0. The highest BCUT2D eigenvalue weighted by molar-refractivity contribution is 5.86. The van der Waals surface area contributed by atoms with Crippen molar-refractivity contribution in [2.75, 3.05) is 6.61 Å². The maximum absolute atomic E-state index is 11.0. The first-order valence-corrected chi connectivity index (χ1v) is 3.55. The fraction of sp³-hybridized carbons (Fsp3) is 0.875. The van der Waals surface area contributed by atoms with Crippen LogP contribution in [0.2, 0.25) is 0 Å². The second-order valence-corrected chi connectivity index (χ2v) is 3.76. The van der Waals surface area contributed by atoms with E-state index in [1.807, 2.05) is 6.92 Å². The Morgan fingerprint density at radius 2 is 1.90 bits per heavy atom. The number of hydrogen-bond acceptors (Lipinski definition) is 2. The van der Waals surface area contributed by atoms with Gasteiger partial charge in [-0.25, -0.2) is 0 Å². The smallest absolute Gasteiger partial charge is 0.161 e. The number of carbonyl (C=O) groups is 1. The van der Waals surface area contributed by atoms with Crippen molar-refractivity contribution in [3.63, 3.8) is 0 Å². The van der Waals surface area contributed by atoms with Crippen LogP contribution >= 0.6 is 0 Å². The van der Waals surface area contributed by atoms with Crippen LogP contribution in [0.1, 0.15) is 27.7 Å². The molecule has 2 heteroatoms. The molecule has 2 nitrogen and oxygen atoms in total. The third-order valence-corrected chi connectivity index (χ3v) is 2.68. The Morgan fingerprint density at radius 3 is 1.90 bits per heavy atom. The minimum atomic E-state index is -0.521. The van der Waals surface area contributed by atoms with Crippen LogP contribution in [0.3, 0.4) is 0 Å². The zero-order chi connectivity index (χ0) is 7.99. The summed E-state index contributed by atoms with van der Waals surface area (Å²) >= 11 is 0. The standard InChI is InChI=1S/C8H14O2/c1-6(9)8(4)7(2,3)5-10-8/h5H2,1-4H3. The molecule has 1 aliphatic rings. The summed E-state index contributed by atoms with van der Waals surface area (Å²) in [5.41, 5.74) is -0.494. The molecule has 58 valence electrons. The third-order valence-electron chi connectivity index (χ3n) is 2.68. The van der Waals surface area contributed by atoms with Gasteiger partial charge in [-0.05, 0) is 13.8 Å². The second-order valence-electron chi connectivity index (χ2n) is 3.76. The van der Waals surface area contributed by atoms with Gasteiger partial charge in [0.15, 0.2) is 5.78 Å². The predicted octanol–water partition coefficient (Wildman–Crippen LogP) is 1.39. The van der Waals surface area contributed by atoms with E-state index >= 15 is 0 Å². The minimum absolute atomic E-state index is 0.0266. The third kappa shape index (κ3) is 0.717. The lowest BCUT2D eigenvalue weighted by molar-refractivity contribution is -0.231. The molecule has 0 aliphatic carbocycles. The van der Waals surface area contributed by atoms with Gasteiger partial charge in [-0.3, -0.25) is 4.79 Å². The average molecular weight is 142 g/mol. The van der Waals surface area contributed by atoms with Gasteiger partial charge in [-0.1, -0.05) is 13.8 Å². The quantitative estimate of drug-likeness (QED) is 0.553. The Hall–Kier alpha value is -0.370. The van der Waals surface area contributed by atoms with Gasteiger partial charge < -0.3 is 4.74 Å². The molecule has 1 fully saturated rings. The van der Waals surface area contributed by atoms with E-state index in [1.54, 1.807) is 6.92 Å². The van der Waals surface area contributed by atoms with Crippen molar-refractivity contribution in [1.82, 2.24) is 0 Å². The van der Waals surface area contributed by atoms with Crippen molar-refractivity contribution < 1.29 is 9.53 Å². The summed E-state index contributed by atoms with van der Waals surface area (Å²) in [5.74, 6) is 0.128. The van der Waals surface area contributed by atoms with Gasteiger partial charge in [0.25, 0.3) is 0 Å². The number of ether oxygens (including phenoxy) is 1. The van der Waals surface area contributed by atoms with Crippen molar-refractivity contribution in [2.24, 2.45) is 5.41 Å². The molecule has 1 heterocycles. The number of carbonyl (C=O) groups excluding carboxylic acids is 1. The van der Waals surface area contributed by atoms with Crippen LogP contribution in [-0.4, -0.2) is 18.0 Å². The minimum Gasteiger partial charge on any atom is -0.366 e. The van der Waals surface area contributed by atoms with Gasteiger partial charge in [0, 0.05) is 5.41 Å². The fourth-order valence-corrected chi connectivity index (χ4v) is 1.16. The zero-order valence-corrected chi connectivity index (χ0v) is 7.02. The molecular weight excluding hydrogens is 128 g/mol. The highest BCUT2D eigenvalue weighted by atomic mass is 16.5. The summed E-state index contributed by atoms with van der Waals surface area (Å²) < 4.78 is 5.25. The van der Waals surface area contributed by atoms with Crippen LogP contribution < -0.4 is 0 Å². The van der Waals surface area contributed by atoms with Gasteiger partial charge >= 0.3 is 0 Å². The van der Waals surface area contributed by atoms with Crippen molar-refractivity contribution in [2.45, 2.75) is 33.3 Å². The Bertz CT molecular complexity index is 172. The number of ketones is 1. The van der Waals surface area contributed by atoms with E-state index in [4.69, 9.17) is 4.74 Å². The van der Waals surface area contributed by atoms with E-state index in [1.165, 1.54) is 0 Å². The Kier molecular flexibility index (Phi) is 1.40. The molecule has 0 saturated carbocycles. The molecule has 1 saturated heterocycles. The first-order valence-electron chi connectivity index (χ1n) is 3.55. The summed E-state index contributed by atoms with van der Waals surface area (Å²) in [5, 5.41) is 0. The van der Waals surface area contributed by atoms with E-state index in [-0.39, 0.29) is 11.2 Å². The molecule has 1 rings (SSSR count). The van der Waals surface area contributed by atoms with Gasteiger partial charge in [0.05, 0.1) is 6.61 Å². The molecule has 0 aromatic carbocycles.